The molecule has 6 rings (SSSR count). The SMILES string of the molecule is C[C@@H]1COCCN1c1nc2nc(C3NOC(=O)N3)nc(N[C@H](C)C3CCC3)c2n1Cc1ccc(C(F)(F)F)cc1. The summed E-state index contributed by atoms with van der Waals surface area (Å²) in [4.78, 5) is 33.1. The van der Waals surface area contributed by atoms with E-state index in [0.717, 1.165) is 25.0 Å². The molecule has 4 heterocycles. The first-order valence-electron chi connectivity index (χ1n) is 13.5. The minimum atomic E-state index is -4.42. The van der Waals surface area contributed by atoms with Crippen molar-refractivity contribution in [3.05, 3.63) is 41.2 Å². The van der Waals surface area contributed by atoms with Crippen LogP contribution in [0, 0.1) is 5.92 Å². The van der Waals surface area contributed by atoms with Gasteiger partial charge in [0.05, 0.1) is 31.4 Å². The number of nitrogens with zero attached hydrogens (tertiary/aromatic N) is 5. The third-order valence-electron chi connectivity index (χ3n) is 7.86. The number of aromatic nitrogens is 4. The minimum Gasteiger partial charge on any atom is -0.377 e. The van der Waals surface area contributed by atoms with Gasteiger partial charge >= 0.3 is 12.3 Å². The Bertz CT molecular complexity index is 1390. The van der Waals surface area contributed by atoms with E-state index in [4.69, 9.17) is 19.5 Å². The number of morpholine rings is 1. The van der Waals surface area contributed by atoms with E-state index in [0.29, 0.717) is 54.2 Å². The maximum absolute atomic E-state index is 13.2. The topological polar surface area (TPSA) is 118 Å². The highest BCUT2D eigenvalue weighted by Gasteiger charge is 2.33. The molecule has 0 spiro atoms. The second-order valence-electron chi connectivity index (χ2n) is 10.6. The van der Waals surface area contributed by atoms with E-state index in [-0.39, 0.29) is 24.5 Å². The molecule has 2 aromatic heterocycles. The second kappa shape index (κ2) is 10.4. The number of alkyl halides is 3. The number of nitrogens with one attached hydrogen (secondary N) is 3. The van der Waals surface area contributed by atoms with Crippen LogP contribution in [0.5, 0.6) is 0 Å². The van der Waals surface area contributed by atoms with Crippen LogP contribution in [0.15, 0.2) is 24.3 Å². The molecule has 214 valence electrons. The Hall–Kier alpha value is -3.65. The summed E-state index contributed by atoms with van der Waals surface area (Å²) >= 11 is 0. The fourth-order valence-electron chi connectivity index (χ4n) is 5.33. The molecule has 14 heteroatoms. The number of halogens is 3. The summed E-state index contributed by atoms with van der Waals surface area (Å²) in [6.07, 6.45) is -2.40. The lowest BCUT2D eigenvalue weighted by molar-refractivity contribution is -0.137. The van der Waals surface area contributed by atoms with Crippen LogP contribution < -0.4 is 21.0 Å². The molecule has 3 aromatic rings. The van der Waals surface area contributed by atoms with Gasteiger partial charge in [0, 0.05) is 12.6 Å². The number of fused-ring (bicyclic) bond motifs is 1. The molecule has 1 aromatic carbocycles. The smallest absolute Gasteiger partial charge is 0.377 e. The number of rotatable bonds is 7. The molecule has 1 saturated carbocycles. The Balaban J connectivity index is 1.47. The van der Waals surface area contributed by atoms with Crippen LogP contribution in [-0.4, -0.2) is 57.5 Å². The molecule has 3 aliphatic rings. The van der Waals surface area contributed by atoms with E-state index < -0.39 is 24.0 Å². The summed E-state index contributed by atoms with van der Waals surface area (Å²) < 4.78 is 47.3. The lowest BCUT2D eigenvalue weighted by Gasteiger charge is -2.34. The number of amides is 1. The molecule has 3 N–H and O–H groups in total. The van der Waals surface area contributed by atoms with Crippen molar-refractivity contribution < 1.29 is 27.5 Å². The fourth-order valence-corrected chi connectivity index (χ4v) is 5.33. The van der Waals surface area contributed by atoms with E-state index in [9.17, 15) is 18.0 Å². The van der Waals surface area contributed by atoms with Crippen LogP contribution in [0.4, 0.5) is 29.7 Å². The third kappa shape index (κ3) is 5.12. The molecule has 1 aliphatic carbocycles. The first-order chi connectivity index (χ1) is 19.2. The number of carbonyl (C=O) groups excluding carboxylic acids is 1. The highest BCUT2D eigenvalue weighted by atomic mass is 19.4. The van der Waals surface area contributed by atoms with Crippen LogP contribution in [0.2, 0.25) is 0 Å². The summed E-state index contributed by atoms with van der Waals surface area (Å²) in [5.74, 6) is 1.93. The molecule has 3 atom stereocenters. The van der Waals surface area contributed by atoms with Crippen molar-refractivity contribution >= 4 is 29.0 Å². The number of hydrogen-bond acceptors (Lipinski definition) is 9. The average Bonchev–Trinajstić information content (AvgIpc) is 3.47. The van der Waals surface area contributed by atoms with Crippen molar-refractivity contribution in [3.8, 4) is 0 Å². The van der Waals surface area contributed by atoms with Crippen molar-refractivity contribution in [2.24, 2.45) is 5.92 Å². The Morgan fingerprint density at radius 3 is 2.58 bits per heavy atom. The van der Waals surface area contributed by atoms with E-state index >= 15 is 0 Å². The highest BCUT2D eigenvalue weighted by molar-refractivity contribution is 5.86. The zero-order valence-corrected chi connectivity index (χ0v) is 22.2. The summed E-state index contributed by atoms with van der Waals surface area (Å²) in [6.45, 7) is 6.02. The van der Waals surface area contributed by atoms with Gasteiger partial charge in [0.2, 0.25) is 5.95 Å². The fraction of sp³-hybridized carbons (Fsp3) is 0.538. The van der Waals surface area contributed by atoms with E-state index in [2.05, 4.69) is 32.9 Å². The number of hydroxylamine groups is 1. The van der Waals surface area contributed by atoms with Crippen LogP contribution in [0.3, 0.4) is 0 Å². The zero-order valence-electron chi connectivity index (χ0n) is 22.2. The number of anilines is 2. The molecule has 2 aliphatic heterocycles. The molecule has 3 fully saturated rings. The first kappa shape index (κ1) is 26.6. The predicted molar refractivity (Wildman–Crippen MR) is 139 cm³/mol. The van der Waals surface area contributed by atoms with E-state index in [1.54, 1.807) is 0 Å². The molecule has 0 bridgehead atoms. The maximum Gasteiger partial charge on any atom is 0.427 e. The van der Waals surface area contributed by atoms with Gasteiger partial charge in [-0.15, -0.1) is 5.48 Å². The standard InChI is InChI=1S/C26H31F3N8O3/c1-14-13-39-11-10-36(14)24-33-21-19(37(24)12-16-6-8-18(9-7-16)26(27,28)29)20(30-15(2)17-4-3-5-17)31-22(32-21)23-34-25(38)40-35-23/h6-9,14-15,17,23,35H,3-5,10-13H2,1-2H3,(H,34,38)(H,30,31,32)/t14-,15-,23?/m1/s1. The van der Waals surface area contributed by atoms with E-state index in [1.165, 1.54) is 18.6 Å². The van der Waals surface area contributed by atoms with Gasteiger partial charge in [-0.1, -0.05) is 18.6 Å². The first-order valence-corrected chi connectivity index (χ1v) is 13.5. The Labute approximate surface area is 228 Å². The summed E-state index contributed by atoms with van der Waals surface area (Å²) in [6, 6.07) is 5.27. The lowest BCUT2D eigenvalue weighted by atomic mass is 9.80. The van der Waals surface area contributed by atoms with Gasteiger partial charge in [-0.05, 0) is 50.3 Å². The third-order valence-corrected chi connectivity index (χ3v) is 7.86. The molecular formula is C26H31F3N8O3. The van der Waals surface area contributed by atoms with Crippen molar-refractivity contribution in [2.45, 2.75) is 64.1 Å². The minimum absolute atomic E-state index is 0.0128. The van der Waals surface area contributed by atoms with Gasteiger partial charge in [-0.3, -0.25) is 5.32 Å². The van der Waals surface area contributed by atoms with Crippen molar-refractivity contribution in [1.82, 2.24) is 30.3 Å². The summed E-state index contributed by atoms with van der Waals surface area (Å²) in [7, 11) is 0. The molecule has 1 amide bonds. The normalized spacial score (nSPS) is 22.6. The van der Waals surface area contributed by atoms with Crippen molar-refractivity contribution in [1.29, 1.82) is 0 Å². The van der Waals surface area contributed by atoms with Crippen LogP contribution in [-0.2, 0) is 22.3 Å². The monoisotopic (exact) mass is 560 g/mol. The number of imidazole rings is 1. The Kier molecular flexibility index (Phi) is 6.90. The van der Waals surface area contributed by atoms with Gasteiger partial charge in [-0.25, -0.2) is 14.8 Å². The molecular weight excluding hydrogens is 529 g/mol. The number of benzene rings is 1. The largest absolute Gasteiger partial charge is 0.427 e. The van der Waals surface area contributed by atoms with Crippen LogP contribution >= 0.6 is 0 Å². The molecule has 2 saturated heterocycles. The number of carbonyl (C=O) groups is 1. The summed E-state index contributed by atoms with van der Waals surface area (Å²) in [5.41, 5.74) is 3.60. The van der Waals surface area contributed by atoms with Gasteiger partial charge < -0.3 is 24.4 Å². The van der Waals surface area contributed by atoms with Gasteiger partial charge in [0.25, 0.3) is 0 Å². The second-order valence-corrected chi connectivity index (χ2v) is 10.6. The van der Waals surface area contributed by atoms with E-state index in [1.807, 2.05) is 11.5 Å². The highest BCUT2D eigenvalue weighted by Crippen LogP contribution is 2.35. The van der Waals surface area contributed by atoms with Crippen LogP contribution in [0.25, 0.3) is 11.2 Å². The zero-order chi connectivity index (χ0) is 28.0. The predicted octanol–water partition coefficient (Wildman–Crippen LogP) is 3.96. The number of ether oxygens (including phenoxy) is 1. The van der Waals surface area contributed by atoms with Gasteiger partial charge in [0.1, 0.15) is 5.52 Å². The summed E-state index contributed by atoms with van der Waals surface area (Å²) in [5, 5.41) is 6.19. The van der Waals surface area contributed by atoms with Gasteiger partial charge in [0.15, 0.2) is 23.5 Å². The molecule has 0 radical (unpaired) electrons. The van der Waals surface area contributed by atoms with Crippen molar-refractivity contribution in [2.75, 3.05) is 30.0 Å². The number of hydrogen-bond donors (Lipinski definition) is 3. The Morgan fingerprint density at radius 1 is 1.18 bits per heavy atom. The molecule has 40 heavy (non-hydrogen) atoms. The molecule has 11 nitrogen and oxygen atoms in total. The molecule has 1 unspecified atom stereocenters. The average molecular weight is 561 g/mol. The lowest BCUT2D eigenvalue weighted by Crippen LogP contribution is -2.45. The quantitative estimate of drug-likeness (QED) is 0.395. The Morgan fingerprint density at radius 2 is 1.95 bits per heavy atom. The van der Waals surface area contributed by atoms with Crippen LogP contribution in [0.1, 0.15) is 56.2 Å². The maximum atomic E-state index is 13.2. The van der Waals surface area contributed by atoms with Crippen molar-refractivity contribution in [3.63, 3.8) is 0 Å². The van der Waals surface area contributed by atoms with Gasteiger partial charge in [-0.2, -0.15) is 18.2 Å².